The number of hydrogen-bond acceptors (Lipinski definition) is 1. The minimum absolute atomic E-state index is 0.741. The van der Waals surface area contributed by atoms with Crippen LogP contribution in [0, 0.1) is 17.8 Å². The fourth-order valence-electron chi connectivity index (χ4n) is 0.851. The van der Waals surface area contributed by atoms with Crippen molar-refractivity contribution in [3.63, 3.8) is 0 Å². The van der Waals surface area contributed by atoms with Crippen LogP contribution in [0.2, 0.25) is 0 Å². The van der Waals surface area contributed by atoms with Gasteiger partial charge in [-0.1, -0.05) is 25.1 Å². The summed E-state index contributed by atoms with van der Waals surface area (Å²) in [6, 6.07) is 9.65. The molecule has 10 heavy (non-hydrogen) atoms. The first-order valence-corrected chi connectivity index (χ1v) is 3.17. The van der Waals surface area contributed by atoms with Gasteiger partial charge in [0.1, 0.15) is 0 Å². The van der Waals surface area contributed by atoms with Gasteiger partial charge in [-0.15, -0.1) is 0 Å². The number of hydrogen-bond donors (Lipinski definition) is 0. The predicted molar refractivity (Wildman–Crippen MR) is 40.2 cm³/mol. The van der Waals surface area contributed by atoms with Crippen LogP contribution < -0.4 is 0 Å². The van der Waals surface area contributed by atoms with Gasteiger partial charge in [0.15, 0.2) is 0 Å². The van der Waals surface area contributed by atoms with Crippen LogP contribution in [0.15, 0.2) is 24.3 Å². The van der Waals surface area contributed by atoms with E-state index in [0.717, 1.165) is 11.1 Å². The van der Waals surface area contributed by atoms with Gasteiger partial charge in [0, 0.05) is 0 Å². The van der Waals surface area contributed by atoms with E-state index < -0.39 is 0 Å². The first-order valence-electron chi connectivity index (χ1n) is 3.17. The van der Waals surface area contributed by atoms with Crippen LogP contribution in [0.4, 0.5) is 0 Å². The van der Waals surface area contributed by atoms with E-state index in [2.05, 4.69) is 6.07 Å². The molecule has 1 heteroatoms. The molecular weight excluding hydrogens is 122 g/mol. The molecule has 1 rings (SSSR count). The Kier molecular flexibility index (Phi) is 2.07. The highest BCUT2D eigenvalue weighted by atomic mass is 14.2. The Balaban J connectivity index is 3.12. The molecule has 49 valence electrons. The second kappa shape index (κ2) is 3.03. The maximum absolute atomic E-state index is 8.58. The van der Waals surface area contributed by atoms with Crippen LogP contribution in [-0.2, 0) is 0 Å². The molecule has 0 spiro atoms. The summed E-state index contributed by atoms with van der Waals surface area (Å²) in [5.74, 6) is 0. The third-order valence-electron chi connectivity index (χ3n) is 1.39. The van der Waals surface area contributed by atoms with Crippen LogP contribution >= 0.6 is 0 Å². The Labute approximate surface area is 60.9 Å². The molecule has 1 nitrogen and oxygen atoms in total. The minimum Gasteiger partial charge on any atom is -0.192 e. The summed E-state index contributed by atoms with van der Waals surface area (Å²) in [6.07, 6.45) is 1.93. The first kappa shape index (κ1) is 6.82. The van der Waals surface area contributed by atoms with E-state index in [9.17, 15) is 0 Å². The molecule has 0 bridgehead atoms. The first-order chi connectivity index (χ1) is 4.88. The van der Waals surface area contributed by atoms with Crippen molar-refractivity contribution in [2.45, 2.75) is 6.92 Å². The van der Waals surface area contributed by atoms with Gasteiger partial charge < -0.3 is 0 Å². The van der Waals surface area contributed by atoms with Crippen molar-refractivity contribution in [3.8, 4) is 6.07 Å². The highest BCUT2D eigenvalue weighted by Crippen LogP contribution is 2.08. The SMILES string of the molecule is C[CH]c1ccccc1C#N. The van der Waals surface area contributed by atoms with Crippen molar-refractivity contribution in [2.24, 2.45) is 0 Å². The Morgan fingerprint density at radius 3 is 2.60 bits per heavy atom. The molecule has 0 amide bonds. The molecule has 0 saturated heterocycles. The average molecular weight is 130 g/mol. The molecule has 0 aliphatic carbocycles. The largest absolute Gasteiger partial charge is 0.192 e. The normalized spacial score (nSPS) is 8.80. The molecule has 0 N–H and O–H groups in total. The molecule has 1 aromatic carbocycles. The zero-order valence-electron chi connectivity index (χ0n) is 5.83. The van der Waals surface area contributed by atoms with Gasteiger partial charge >= 0.3 is 0 Å². The molecular formula is C9H8N. The van der Waals surface area contributed by atoms with E-state index in [1.165, 1.54) is 0 Å². The zero-order chi connectivity index (χ0) is 7.40. The maximum atomic E-state index is 8.58. The van der Waals surface area contributed by atoms with E-state index in [1.54, 1.807) is 0 Å². The predicted octanol–water partition coefficient (Wildman–Crippen LogP) is 2.13. The third-order valence-corrected chi connectivity index (χ3v) is 1.39. The van der Waals surface area contributed by atoms with Crippen molar-refractivity contribution in [2.75, 3.05) is 0 Å². The van der Waals surface area contributed by atoms with Gasteiger partial charge in [-0.2, -0.15) is 5.26 Å². The van der Waals surface area contributed by atoms with Gasteiger partial charge in [-0.25, -0.2) is 0 Å². The van der Waals surface area contributed by atoms with Crippen molar-refractivity contribution < 1.29 is 0 Å². The second-order valence-corrected chi connectivity index (χ2v) is 1.99. The lowest BCUT2D eigenvalue weighted by Crippen LogP contribution is -1.82. The lowest BCUT2D eigenvalue weighted by atomic mass is 10.1. The lowest BCUT2D eigenvalue weighted by molar-refractivity contribution is 1.37. The Morgan fingerprint density at radius 1 is 1.40 bits per heavy atom. The molecule has 0 heterocycles. The van der Waals surface area contributed by atoms with E-state index in [4.69, 9.17) is 5.26 Å². The van der Waals surface area contributed by atoms with E-state index in [-0.39, 0.29) is 0 Å². The summed E-state index contributed by atoms with van der Waals surface area (Å²) >= 11 is 0. The van der Waals surface area contributed by atoms with Crippen molar-refractivity contribution in [1.29, 1.82) is 5.26 Å². The number of rotatable bonds is 1. The van der Waals surface area contributed by atoms with E-state index >= 15 is 0 Å². The van der Waals surface area contributed by atoms with Crippen LogP contribution in [0.1, 0.15) is 18.1 Å². The Morgan fingerprint density at radius 2 is 2.10 bits per heavy atom. The molecule has 0 atom stereocenters. The van der Waals surface area contributed by atoms with Gasteiger partial charge in [-0.3, -0.25) is 0 Å². The zero-order valence-corrected chi connectivity index (χ0v) is 5.83. The minimum atomic E-state index is 0.741. The summed E-state index contributed by atoms with van der Waals surface area (Å²) in [5, 5.41) is 8.58. The second-order valence-electron chi connectivity index (χ2n) is 1.99. The summed E-state index contributed by atoms with van der Waals surface area (Å²) in [6.45, 7) is 1.93. The Bertz CT molecular complexity index is 258. The van der Waals surface area contributed by atoms with Gasteiger partial charge in [0.25, 0.3) is 0 Å². The molecule has 0 fully saturated rings. The molecule has 0 aliphatic heterocycles. The van der Waals surface area contributed by atoms with Gasteiger partial charge in [-0.05, 0) is 18.1 Å². The van der Waals surface area contributed by atoms with Crippen LogP contribution in [0.3, 0.4) is 0 Å². The molecule has 0 unspecified atom stereocenters. The third kappa shape index (κ3) is 1.16. The summed E-state index contributed by atoms with van der Waals surface area (Å²) in [4.78, 5) is 0. The lowest BCUT2D eigenvalue weighted by Gasteiger charge is -1.95. The highest BCUT2D eigenvalue weighted by Gasteiger charge is 1.94. The van der Waals surface area contributed by atoms with Gasteiger partial charge in [0.05, 0.1) is 11.6 Å². The van der Waals surface area contributed by atoms with E-state index in [1.807, 2.05) is 37.6 Å². The molecule has 1 radical (unpaired) electrons. The molecule has 1 aromatic rings. The molecule has 0 saturated carbocycles. The highest BCUT2D eigenvalue weighted by molar-refractivity contribution is 5.40. The quantitative estimate of drug-likeness (QED) is 0.571. The number of nitriles is 1. The molecule has 0 aliphatic rings. The van der Waals surface area contributed by atoms with Crippen molar-refractivity contribution in [3.05, 3.63) is 41.8 Å². The van der Waals surface area contributed by atoms with Crippen LogP contribution in [-0.4, -0.2) is 0 Å². The summed E-state index contributed by atoms with van der Waals surface area (Å²) in [5.41, 5.74) is 1.75. The van der Waals surface area contributed by atoms with Crippen molar-refractivity contribution >= 4 is 0 Å². The van der Waals surface area contributed by atoms with Crippen LogP contribution in [0.25, 0.3) is 0 Å². The topological polar surface area (TPSA) is 23.8 Å². The van der Waals surface area contributed by atoms with Crippen molar-refractivity contribution in [1.82, 2.24) is 0 Å². The number of nitrogens with zero attached hydrogens (tertiary/aromatic N) is 1. The summed E-state index contributed by atoms with van der Waals surface area (Å²) in [7, 11) is 0. The molecule has 0 aromatic heterocycles. The fraction of sp³-hybridized carbons (Fsp3) is 0.111. The average Bonchev–Trinajstić information content (AvgIpc) is 2.04. The van der Waals surface area contributed by atoms with E-state index in [0.29, 0.717) is 0 Å². The van der Waals surface area contributed by atoms with Crippen LogP contribution in [0.5, 0.6) is 0 Å². The monoisotopic (exact) mass is 130 g/mol. The maximum Gasteiger partial charge on any atom is 0.0994 e. The standard InChI is InChI=1S/C9H8N/c1-2-8-5-3-4-6-9(8)7-10/h2-6H,1H3. The van der Waals surface area contributed by atoms with Gasteiger partial charge in [0.2, 0.25) is 0 Å². The Hall–Kier alpha value is -1.29. The summed E-state index contributed by atoms with van der Waals surface area (Å²) < 4.78 is 0. The smallest absolute Gasteiger partial charge is 0.0994 e. The fourth-order valence-corrected chi connectivity index (χ4v) is 0.851. The number of benzene rings is 1.